The van der Waals surface area contributed by atoms with E-state index < -0.39 is 34.8 Å². The smallest absolute Gasteiger partial charge is 0.310 e. The number of carbonyl (C=O) groups excluding carboxylic acids is 2. The second-order valence-corrected chi connectivity index (χ2v) is 7.74. The molecule has 0 radical (unpaired) electrons. The molecule has 2 N–H and O–H groups in total. The Kier molecular flexibility index (Phi) is 7.45. The molecule has 35 heavy (non-hydrogen) atoms. The molecular formula is C26H19F4N3O2. The number of hydrogen-bond donors (Lipinski definition) is 2. The van der Waals surface area contributed by atoms with E-state index >= 15 is 0 Å². The molecule has 1 amide bonds. The van der Waals surface area contributed by atoms with Crippen LogP contribution in [0.1, 0.15) is 56.4 Å². The van der Waals surface area contributed by atoms with Crippen molar-refractivity contribution in [2.75, 3.05) is 5.32 Å². The van der Waals surface area contributed by atoms with Crippen molar-refractivity contribution in [3.05, 3.63) is 93.9 Å². The Morgan fingerprint density at radius 1 is 1.03 bits per heavy atom. The number of halogens is 4. The fourth-order valence-corrected chi connectivity index (χ4v) is 3.16. The van der Waals surface area contributed by atoms with Crippen molar-refractivity contribution in [2.45, 2.75) is 26.4 Å². The van der Waals surface area contributed by atoms with Crippen LogP contribution < -0.4 is 5.32 Å². The van der Waals surface area contributed by atoms with Crippen LogP contribution in [0.4, 0.5) is 23.4 Å². The van der Waals surface area contributed by atoms with Crippen LogP contribution in [0.5, 0.6) is 0 Å². The number of rotatable bonds is 5. The van der Waals surface area contributed by atoms with Crippen molar-refractivity contribution < 1.29 is 27.2 Å². The van der Waals surface area contributed by atoms with E-state index in [4.69, 9.17) is 5.41 Å². The van der Waals surface area contributed by atoms with Crippen LogP contribution in [-0.2, 0) is 6.18 Å². The van der Waals surface area contributed by atoms with Crippen LogP contribution in [0, 0.1) is 30.0 Å². The highest BCUT2D eigenvalue weighted by molar-refractivity contribution is 6.08. The first kappa shape index (κ1) is 25.3. The molecule has 0 unspecified atom stereocenters. The average molecular weight is 481 g/mol. The maximum Gasteiger partial charge on any atom is 0.417 e. The Hall–Kier alpha value is -4.32. The zero-order valence-electron chi connectivity index (χ0n) is 18.7. The van der Waals surface area contributed by atoms with E-state index in [0.29, 0.717) is 5.69 Å². The highest BCUT2D eigenvalue weighted by Gasteiger charge is 2.35. The third-order valence-electron chi connectivity index (χ3n) is 4.70. The minimum atomic E-state index is -4.79. The molecule has 0 bridgehead atoms. The summed E-state index contributed by atoms with van der Waals surface area (Å²) in [4.78, 5) is 28.9. The van der Waals surface area contributed by atoms with Crippen molar-refractivity contribution in [1.29, 1.82) is 5.41 Å². The summed E-state index contributed by atoms with van der Waals surface area (Å²) in [5, 5.41) is 9.77. The van der Waals surface area contributed by atoms with E-state index in [1.165, 1.54) is 19.1 Å². The summed E-state index contributed by atoms with van der Waals surface area (Å²) in [6.45, 7) is 3.12. The number of benzene rings is 2. The molecule has 0 atom stereocenters. The topological polar surface area (TPSA) is 82.9 Å². The minimum absolute atomic E-state index is 0.0269. The zero-order valence-corrected chi connectivity index (χ0v) is 18.7. The molecule has 3 rings (SSSR count). The number of hydrogen-bond acceptors (Lipinski definition) is 4. The number of amides is 1. The van der Waals surface area contributed by atoms with E-state index in [9.17, 15) is 27.2 Å². The van der Waals surface area contributed by atoms with Gasteiger partial charge in [0.2, 0.25) is 0 Å². The number of nitrogens with zero attached hydrogens (tertiary/aromatic N) is 1. The normalized spacial score (nSPS) is 10.8. The third-order valence-corrected chi connectivity index (χ3v) is 4.70. The molecule has 0 aliphatic heterocycles. The van der Waals surface area contributed by atoms with Crippen molar-refractivity contribution in [2.24, 2.45) is 0 Å². The predicted molar refractivity (Wildman–Crippen MR) is 123 cm³/mol. The number of pyridine rings is 1. The number of nitrogens with one attached hydrogen (secondary N) is 2. The molecule has 0 fully saturated rings. The Labute approximate surface area is 198 Å². The van der Waals surface area contributed by atoms with Gasteiger partial charge in [-0.3, -0.25) is 9.59 Å². The molecule has 0 saturated carbocycles. The monoisotopic (exact) mass is 481 g/mol. The fourth-order valence-electron chi connectivity index (χ4n) is 3.16. The van der Waals surface area contributed by atoms with Gasteiger partial charge in [0, 0.05) is 34.5 Å². The van der Waals surface area contributed by atoms with Gasteiger partial charge >= 0.3 is 6.18 Å². The summed E-state index contributed by atoms with van der Waals surface area (Å²) in [6, 6.07) is 11.0. The fraction of sp³-hybridized carbons (Fsp3) is 0.154. The van der Waals surface area contributed by atoms with E-state index in [0.717, 1.165) is 30.3 Å². The summed E-state index contributed by atoms with van der Waals surface area (Å²) >= 11 is 0. The first-order valence-corrected chi connectivity index (χ1v) is 10.3. The Balaban J connectivity index is 1.97. The molecule has 9 heteroatoms. The molecule has 1 heterocycles. The summed E-state index contributed by atoms with van der Waals surface area (Å²) in [5.41, 5.74) is -0.888. The molecule has 178 valence electrons. The number of aryl methyl sites for hydroxylation is 1. The largest absolute Gasteiger partial charge is 0.417 e. The van der Waals surface area contributed by atoms with E-state index in [-0.39, 0.29) is 34.6 Å². The summed E-state index contributed by atoms with van der Waals surface area (Å²) in [6.07, 6.45) is -4.97. The number of anilines is 1. The number of alkyl halides is 3. The van der Waals surface area contributed by atoms with E-state index in [1.54, 1.807) is 19.1 Å². The Morgan fingerprint density at radius 3 is 2.40 bits per heavy atom. The average Bonchev–Trinajstić information content (AvgIpc) is 2.76. The second-order valence-electron chi connectivity index (χ2n) is 7.74. The lowest BCUT2D eigenvalue weighted by molar-refractivity contribution is -0.137. The van der Waals surface area contributed by atoms with Crippen molar-refractivity contribution in [1.82, 2.24) is 4.98 Å². The van der Waals surface area contributed by atoms with E-state index in [1.807, 2.05) is 0 Å². The minimum Gasteiger partial charge on any atom is -0.310 e. The molecule has 1 aromatic heterocycles. The molecule has 0 spiro atoms. The van der Waals surface area contributed by atoms with Crippen LogP contribution in [0.3, 0.4) is 0 Å². The Morgan fingerprint density at radius 2 is 1.74 bits per heavy atom. The summed E-state index contributed by atoms with van der Waals surface area (Å²) in [5.74, 6) is 3.12. The van der Waals surface area contributed by atoms with Gasteiger partial charge in [-0.2, -0.15) is 13.2 Å². The lowest BCUT2D eigenvalue weighted by atomic mass is 10.0. The van der Waals surface area contributed by atoms with Gasteiger partial charge in [0.05, 0.1) is 11.1 Å². The van der Waals surface area contributed by atoms with Crippen molar-refractivity contribution >= 4 is 23.2 Å². The van der Waals surface area contributed by atoms with Crippen molar-refractivity contribution in [3.8, 4) is 11.8 Å². The maximum atomic E-state index is 14.0. The van der Waals surface area contributed by atoms with Crippen LogP contribution in [0.15, 0.2) is 54.6 Å². The van der Waals surface area contributed by atoms with Gasteiger partial charge in [-0.25, -0.2) is 9.37 Å². The van der Waals surface area contributed by atoms with Gasteiger partial charge in [-0.05, 0) is 62.4 Å². The van der Waals surface area contributed by atoms with Gasteiger partial charge in [0.25, 0.3) is 5.91 Å². The highest BCUT2D eigenvalue weighted by atomic mass is 19.4. The van der Waals surface area contributed by atoms with Gasteiger partial charge in [0.1, 0.15) is 11.6 Å². The van der Waals surface area contributed by atoms with Crippen LogP contribution in [0.2, 0.25) is 0 Å². The van der Waals surface area contributed by atoms with Gasteiger partial charge in [0.15, 0.2) is 5.78 Å². The number of Topliss-reactive ketones (excluding diaryl/α,β-unsaturated/α-hetero) is 1. The summed E-state index contributed by atoms with van der Waals surface area (Å²) in [7, 11) is 0. The second kappa shape index (κ2) is 10.3. The Bertz CT molecular complexity index is 1390. The van der Waals surface area contributed by atoms with Gasteiger partial charge in [-0.1, -0.05) is 17.9 Å². The molecule has 0 saturated heterocycles. The first-order chi connectivity index (χ1) is 16.4. The highest BCUT2D eigenvalue weighted by Crippen LogP contribution is 2.33. The van der Waals surface area contributed by atoms with E-state index in [2.05, 4.69) is 22.1 Å². The van der Waals surface area contributed by atoms with Crippen LogP contribution >= 0.6 is 0 Å². The first-order valence-electron chi connectivity index (χ1n) is 10.3. The number of aromatic nitrogens is 1. The van der Waals surface area contributed by atoms with Gasteiger partial charge < -0.3 is 10.7 Å². The number of carbonyl (C=O) groups is 2. The lowest BCUT2D eigenvalue weighted by Gasteiger charge is -2.13. The maximum absolute atomic E-state index is 14.0. The van der Waals surface area contributed by atoms with Crippen LogP contribution in [0.25, 0.3) is 0 Å². The standard InChI is InChI=1S/C26H19F4N3O2/c1-15(31)10-23(34)19-11-18(12-20(27)14-19)7-6-17-8-9-22(26(28,29)30)21(13-17)25(35)33-24-5-3-4-16(2)32-24/h3-5,8-9,11-14,31H,10H2,1-2H3,(H,32,33,35). The summed E-state index contributed by atoms with van der Waals surface area (Å²) < 4.78 is 54.6. The SMILES string of the molecule is CC(=N)CC(=O)c1cc(F)cc(C#Cc2ccc(C(F)(F)F)c(C(=O)Nc3cccc(C)n3)c2)c1. The molecule has 0 aliphatic carbocycles. The number of ketones is 1. The van der Waals surface area contributed by atoms with Gasteiger partial charge in [-0.15, -0.1) is 0 Å². The van der Waals surface area contributed by atoms with Crippen molar-refractivity contribution in [3.63, 3.8) is 0 Å². The molecule has 2 aromatic carbocycles. The molecular weight excluding hydrogens is 462 g/mol. The van der Waals surface area contributed by atoms with Crippen LogP contribution in [-0.4, -0.2) is 22.4 Å². The lowest BCUT2D eigenvalue weighted by Crippen LogP contribution is -2.19. The zero-order chi connectivity index (χ0) is 25.8. The molecule has 5 nitrogen and oxygen atoms in total. The third kappa shape index (κ3) is 6.84. The quantitative estimate of drug-likeness (QED) is 0.209. The molecule has 0 aliphatic rings. The predicted octanol–water partition coefficient (Wildman–Crippen LogP) is 5.81. The molecule has 3 aromatic rings.